The molecule has 0 bridgehead atoms. The van der Waals surface area contributed by atoms with E-state index in [2.05, 4.69) is 4.74 Å². The zero-order valence-electron chi connectivity index (χ0n) is 8.50. The van der Waals surface area contributed by atoms with Gasteiger partial charge in [-0.15, -0.1) is 11.6 Å². The first-order valence-electron chi connectivity index (χ1n) is 4.65. The second-order valence-corrected chi connectivity index (χ2v) is 3.50. The molecule has 0 amide bonds. The van der Waals surface area contributed by atoms with E-state index in [1.807, 2.05) is 0 Å². The van der Waals surface area contributed by atoms with Crippen molar-refractivity contribution in [1.82, 2.24) is 0 Å². The minimum absolute atomic E-state index is 0.0602. The van der Waals surface area contributed by atoms with Gasteiger partial charge in [-0.2, -0.15) is 0 Å². The second kappa shape index (κ2) is 5.61. The number of carbonyl (C=O) groups excluding carboxylic acids is 1. The monoisotopic (exact) mass is 228 g/mol. The molecule has 1 N–H and O–H groups in total. The van der Waals surface area contributed by atoms with Crippen LogP contribution in [0.4, 0.5) is 0 Å². The number of aryl methyl sites for hydroxylation is 1. The Bertz CT molecular complexity index is 350. The minimum atomic E-state index is -0.435. The van der Waals surface area contributed by atoms with Crippen LogP contribution in [-0.2, 0) is 11.2 Å². The molecular weight excluding hydrogens is 216 g/mol. The molecule has 0 aromatic heterocycles. The van der Waals surface area contributed by atoms with Crippen molar-refractivity contribution in [2.45, 2.75) is 12.8 Å². The normalized spacial score (nSPS) is 10.0. The van der Waals surface area contributed by atoms with E-state index >= 15 is 0 Å². The lowest BCUT2D eigenvalue weighted by Crippen LogP contribution is -2.05. The number of hydrogen-bond donors (Lipinski definition) is 1. The number of ether oxygens (including phenoxy) is 1. The van der Waals surface area contributed by atoms with Gasteiger partial charge >= 0.3 is 5.97 Å². The maximum atomic E-state index is 11.4. The van der Waals surface area contributed by atoms with Crippen LogP contribution in [0.2, 0.25) is 0 Å². The lowest BCUT2D eigenvalue weighted by Gasteiger charge is -2.07. The Morgan fingerprint density at radius 2 is 2.27 bits per heavy atom. The Hall–Kier alpha value is -1.22. The van der Waals surface area contributed by atoms with Crippen LogP contribution in [0.25, 0.3) is 0 Å². The highest BCUT2D eigenvalue weighted by atomic mass is 35.5. The first-order chi connectivity index (χ1) is 7.19. The van der Waals surface area contributed by atoms with E-state index in [9.17, 15) is 9.90 Å². The first kappa shape index (κ1) is 11.9. The number of aromatic hydroxyl groups is 1. The fourth-order valence-electron chi connectivity index (χ4n) is 1.34. The average molecular weight is 229 g/mol. The number of rotatable bonds is 4. The third kappa shape index (κ3) is 3.13. The summed E-state index contributed by atoms with van der Waals surface area (Å²) in [7, 11) is 1.32. The summed E-state index contributed by atoms with van der Waals surface area (Å²) in [6.07, 6.45) is 1.49. The zero-order valence-corrected chi connectivity index (χ0v) is 9.25. The predicted molar refractivity (Wildman–Crippen MR) is 58.5 cm³/mol. The summed E-state index contributed by atoms with van der Waals surface area (Å²) in [6, 6.07) is 4.68. The molecule has 0 aliphatic rings. The van der Waals surface area contributed by atoms with Crippen LogP contribution in [0.15, 0.2) is 18.2 Å². The van der Waals surface area contributed by atoms with Crippen LogP contribution in [-0.4, -0.2) is 24.1 Å². The number of benzene rings is 1. The van der Waals surface area contributed by atoms with Gasteiger partial charge in [-0.3, -0.25) is 0 Å². The van der Waals surface area contributed by atoms with Gasteiger partial charge < -0.3 is 9.84 Å². The number of carbonyl (C=O) groups is 1. The van der Waals surface area contributed by atoms with Gasteiger partial charge in [0.2, 0.25) is 0 Å². The summed E-state index contributed by atoms with van der Waals surface area (Å²) < 4.78 is 4.63. The summed E-state index contributed by atoms with van der Waals surface area (Å²) in [5.74, 6) is 0.169. The molecule has 82 valence electrons. The van der Waals surface area contributed by atoms with E-state index in [1.165, 1.54) is 13.2 Å². The standard InChI is InChI=1S/C11H13ClO3/c1-15-11(14)10-7-9(13)5-4-8(10)3-2-6-12/h4-5,7,13H,2-3,6H2,1H3. The maximum Gasteiger partial charge on any atom is 0.338 e. The Morgan fingerprint density at radius 1 is 1.53 bits per heavy atom. The molecule has 1 aromatic carbocycles. The second-order valence-electron chi connectivity index (χ2n) is 3.13. The van der Waals surface area contributed by atoms with Crippen molar-refractivity contribution in [1.29, 1.82) is 0 Å². The van der Waals surface area contributed by atoms with Crippen LogP contribution >= 0.6 is 11.6 Å². The van der Waals surface area contributed by atoms with Gasteiger partial charge in [-0.25, -0.2) is 4.79 Å². The van der Waals surface area contributed by atoms with Crippen molar-refractivity contribution in [3.05, 3.63) is 29.3 Å². The molecule has 0 saturated carbocycles. The Balaban J connectivity index is 2.97. The molecule has 1 aromatic rings. The molecule has 0 radical (unpaired) electrons. The summed E-state index contributed by atoms with van der Waals surface area (Å²) in [4.78, 5) is 11.4. The van der Waals surface area contributed by atoms with Gasteiger partial charge in [0.25, 0.3) is 0 Å². The Labute approximate surface area is 93.6 Å². The van der Waals surface area contributed by atoms with Crippen molar-refractivity contribution in [3.63, 3.8) is 0 Å². The topological polar surface area (TPSA) is 46.5 Å². The van der Waals surface area contributed by atoms with Gasteiger partial charge in [-0.05, 0) is 30.5 Å². The Kier molecular flexibility index (Phi) is 4.43. The van der Waals surface area contributed by atoms with Crippen LogP contribution in [0.5, 0.6) is 5.75 Å². The summed E-state index contributed by atoms with van der Waals surface area (Å²) >= 11 is 5.58. The molecule has 1 rings (SSSR count). The van der Waals surface area contributed by atoms with Crippen LogP contribution < -0.4 is 0 Å². The average Bonchev–Trinajstić information content (AvgIpc) is 2.26. The lowest BCUT2D eigenvalue weighted by molar-refractivity contribution is 0.0599. The summed E-state index contributed by atoms with van der Waals surface area (Å²) in [5.41, 5.74) is 1.25. The Morgan fingerprint density at radius 3 is 2.87 bits per heavy atom. The molecule has 0 fully saturated rings. The first-order valence-corrected chi connectivity index (χ1v) is 5.18. The van der Waals surface area contributed by atoms with E-state index in [-0.39, 0.29) is 5.75 Å². The summed E-state index contributed by atoms with van der Waals surface area (Å²) in [5, 5.41) is 9.27. The molecule has 0 saturated heterocycles. The molecule has 0 spiro atoms. The largest absolute Gasteiger partial charge is 0.508 e. The highest BCUT2D eigenvalue weighted by Gasteiger charge is 2.12. The minimum Gasteiger partial charge on any atom is -0.508 e. The molecule has 0 atom stereocenters. The SMILES string of the molecule is COC(=O)c1cc(O)ccc1CCCCl. The number of phenols is 1. The van der Waals surface area contributed by atoms with Crippen molar-refractivity contribution in [3.8, 4) is 5.75 Å². The molecule has 0 unspecified atom stereocenters. The number of alkyl halides is 1. The van der Waals surface area contributed by atoms with Crippen LogP contribution in [0.3, 0.4) is 0 Å². The van der Waals surface area contributed by atoms with Gasteiger partial charge in [0.1, 0.15) is 5.75 Å². The van der Waals surface area contributed by atoms with Crippen LogP contribution in [0.1, 0.15) is 22.3 Å². The van der Waals surface area contributed by atoms with E-state index in [0.717, 1.165) is 12.0 Å². The van der Waals surface area contributed by atoms with Crippen molar-refractivity contribution in [2.75, 3.05) is 13.0 Å². The fraction of sp³-hybridized carbons (Fsp3) is 0.364. The number of phenolic OH excluding ortho intramolecular Hbond substituents is 1. The number of esters is 1. The van der Waals surface area contributed by atoms with Gasteiger partial charge in [-0.1, -0.05) is 6.07 Å². The maximum absolute atomic E-state index is 11.4. The van der Waals surface area contributed by atoms with Crippen LogP contribution in [0, 0.1) is 0 Å². The fourth-order valence-corrected chi connectivity index (χ4v) is 1.47. The van der Waals surface area contributed by atoms with E-state index in [4.69, 9.17) is 11.6 Å². The van der Waals surface area contributed by atoms with Crippen molar-refractivity contribution in [2.24, 2.45) is 0 Å². The van der Waals surface area contributed by atoms with Gasteiger partial charge in [0, 0.05) is 5.88 Å². The zero-order chi connectivity index (χ0) is 11.3. The van der Waals surface area contributed by atoms with Crippen molar-refractivity contribution < 1.29 is 14.6 Å². The highest BCUT2D eigenvalue weighted by Crippen LogP contribution is 2.19. The quantitative estimate of drug-likeness (QED) is 0.636. The lowest BCUT2D eigenvalue weighted by atomic mass is 10.0. The predicted octanol–water partition coefficient (Wildman–Crippen LogP) is 2.35. The highest BCUT2D eigenvalue weighted by molar-refractivity contribution is 6.17. The number of halogens is 1. The number of hydrogen-bond acceptors (Lipinski definition) is 3. The van der Waals surface area contributed by atoms with E-state index in [0.29, 0.717) is 17.9 Å². The third-order valence-electron chi connectivity index (χ3n) is 2.08. The van der Waals surface area contributed by atoms with E-state index < -0.39 is 5.97 Å². The molecule has 0 heterocycles. The smallest absolute Gasteiger partial charge is 0.338 e. The molecule has 3 nitrogen and oxygen atoms in total. The molecule has 0 aliphatic carbocycles. The van der Waals surface area contributed by atoms with Gasteiger partial charge in [0.05, 0.1) is 12.7 Å². The third-order valence-corrected chi connectivity index (χ3v) is 2.35. The van der Waals surface area contributed by atoms with Gasteiger partial charge in [0.15, 0.2) is 0 Å². The van der Waals surface area contributed by atoms with E-state index in [1.54, 1.807) is 12.1 Å². The van der Waals surface area contributed by atoms with Crippen molar-refractivity contribution >= 4 is 17.6 Å². The molecule has 0 aliphatic heterocycles. The number of methoxy groups -OCH3 is 1. The molecular formula is C11H13ClO3. The molecule has 15 heavy (non-hydrogen) atoms. The molecule has 4 heteroatoms. The summed E-state index contributed by atoms with van der Waals surface area (Å²) in [6.45, 7) is 0.